The van der Waals surface area contributed by atoms with Crippen molar-refractivity contribution in [2.45, 2.75) is 44.6 Å². The Morgan fingerprint density at radius 2 is 1.88 bits per heavy atom. The fraction of sp³-hybridized carbons (Fsp3) is 0.500. The van der Waals surface area contributed by atoms with Crippen LogP contribution in [0.15, 0.2) is 24.3 Å². The number of para-hydroxylation sites is 1. The van der Waals surface area contributed by atoms with Crippen molar-refractivity contribution in [1.29, 1.82) is 0 Å². The summed E-state index contributed by atoms with van der Waals surface area (Å²) in [6, 6.07) is 6.86. The van der Waals surface area contributed by atoms with Crippen LogP contribution in [0.5, 0.6) is 5.75 Å². The fourth-order valence-corrected chi connectivity index (χ4v) is 2.40. The predicted molar refractivity (Wildman–Crippen MR) is 65.5 cm³/mol. The van der Waals surface area contributed by atoms with Crippen LogP contribution in [0.25, 0.3) is 0 Å². The van der Waals surface area contributed by atoms with E-state index in [-0.39, 0.29) is 11.2 Å². The van der Waals surface area contributed by atoms with Gasteiger partial charge in [-0.15, -0.1) is 0 Å². The molecule has 1 saturated carbocycles. The smallest absolute Gasteiger partial charge is 0.339 e. The van der Waals surface area contributed by atoms with Crippen molar-refractivity contribution in [2.24, 2.45) is 0 Å². The Hall–Kier alpha value is -1.51. The highest BCUT2D eigenvalue weighted by Gasteiger charge is 2.29. The molecule has 0 radical (unpaired) electrons. The maximum atomic E-state index is 11.1. The largest absolute Gasteiger partial charge is 0.487 e. The third-order valence-corrected chi connectivity index (χ3v) is 3.39. The summed E-state index contributed by atoms with van der Waals surface area (Å²) in [4.78, 5) is 11.1. The molecule has 1 aromatic carbocycles. The minimum Gasteiger partial charge on any atom is -0.487 e. The second-order valence-corrected chi connectivity index (χ2v) is 4.91. The quantitative estimate of drug-likeness (QED) is 0.870. The Morgan fingerprint density at radius 1 is 1.24 bits per heavy atom. The molecule has 1 aromatic rings. The first-order valence-electron chi connectivity index (χ1n) is 6.12. The zero-order valence-corrected chi connectivity index (χ0v) is 10.1. The summed E-state index contributed by atoms with van der Waals surface area (Å²) >= 11 is 0. The summed E-state index contributed by atoms with van der Waals surface area (Å²) in [5.41, 5.74) is 0.0448. The van der Waals surface area contributed by atoms with Gasteiger partial charge in [-0.05, 0) is 44.7 Å². The molecular weight excluding hydrogens is 216 g/mol. The normalized spacial score (nSPS) is 18.6. The third kappa shape index (κ3) is 2.78. The van der Waals surface area contributed by atoms with E-state index >= 15 is 0 Å². The first-order valence-corrected chi connectivity index (χ1v) is 6.12. The fourth-order valence-electron chi connectivity index (χ4n) is 2.40. The first kappa shape index (κ1) is 12.0. The van der Waals surface area contributed by atoms with Crippen LogP contribution in [-0.2, 0) is 0 Å². The van der Waals surface area contributed by atoms with E-state index in [0.29, 0.717) is 5.75 Å². The highest BCUT2D eigenvalue weighted by Crippen LogP contribution is 2.33. The van der Waals surface area contributed by atoms with Crippen LogP contribution in [0.4, 0.5) is 0 Å². The molecule has 0 amide bonds. The average Bonchev–Trinajstić information content (AvgIpc) is 2.29. The van der Waals surface area contributed by atoms with Crippen LogP contribution >= 0.6 is 0 Å². The molecular formula is C14H18O3. The highest BCUT2D eigenvalue weighted by atomic mass is 16.5. The molecule has 1 fully saturated rings. The Morgan fingerprint density at radius 3 is 2.53 bits per heavy atom. The molecule has 17 heavy (non-hydrogen) atoms. The van der Waals surface area contributed by atoms with Gasteiger partial charge in [0.05, 0.1) is 0 Å². The standard InChI is InChI=1S/C14H18O3/c1-14(9-5-2-6-10-14)17-12-8-4-3-7-11(12)13(15)16/h3-4,7-8H,2,5-6,9-10H2,1H3,(H,15,16). The summed E-state index contributed by atoms with van der Waals surface area (Å²) < 4.78 is 5.95. The van der Waals surface area contributed by atoms with Crippen LogP contribution in [0.1, 0.15) is 49.4 Å². The Kier molecular flexibility index (Phi) is 3.36. The lowest BCUT2D eigenvalue weighted by Gasteiger charge is -2.34. The average molecular weight is 234 g/mol. The van der Waals surface area contributed by atoms with Crippen molar-refractivity contribution in [2.75, 3.05) is 0 Å². The van der Waals surface area contributed by atoms with Gasteiger partial charge in [-0.1, -0.05) is 18.6 Å². The monoisotopic (exact) mass is 234 g/mol. The zero-order valence-electron chi connectivity index (χ0n) is 10.1. The van der Waals surface area contributed by atoms with Gasteiger partial charge >= 0.3 is 5.97 Å². The van der Waals surface area contributed by atoms with Crippen LogP contribution < -0.4 is 4.74 Å². The lowest BCUT2D eigenvalue weighted by molar-refractivity contribution is 0.0454. The number of benzene rings is 1. The van der Waals surface area contributed by atoms with Gasteiger partial charge < -0.3 is 9.84 Å². The van der Waals surface area contributed by atoms with Gasteiger partial charge in [-0.2, -0.15) is 0 Å². The maximum Gasteiger partial charge on any atom is 0.339 e. The van der Waals surface area contributed by atoms with Crippen molar-refractivity contribution in [3.8, 4) is 5.75 Å². The number of carbonyl (C=O) groups is 1. The molecule has 3 nitrogen and oxygen atoms in total. The van der Waals surface area contributed by atoms with E-state index in [9.17, 15) is 4.79 Å². The summed E-state index contributed by atoms with van der Waals surface area (Å²) in [5.74, 6) is -0.440. The van der Waals surface area contributed by atoms with E-state index in [4.69, 9.17) is 9.84 Å². The summed E-state index contributed by atoms with van der Waals surface area (Å²) in [6.45, 7) is 2.07. The second kappa shape index (κ2) is 4.78. The second-order valence-electron chi connectivity index (χ2n) is 4.91. The maximum absolute atomic E-state index is 11.1. The van der Waals surface area contributed by atoms with E-state index in [1.165, 1.54) is 6.42 Å². The van der Waals surface area contributed by atoms with E-state index in [1.807, 2.05) is 6.07 Å². The molecule has 0 saturated heterocycles. The summed E-state index contributed by atoms with van der Waals surface area (Å²) in [5, 5.41) is 9.10. The number of carboxylic acids is 1. The van der Waals surface area contributed by atoms with Crippen LogP contribution in [-0.4, -0.2) is 16.7 Å². The van der Waals surface area contributed by atoms with Gasteiger partial charge in [0.15, 0.2) is 0 Å². The zero-order chi connectivity index (χ0) is 12.3. The van der Waals surface area contributed by atoms with E-state index in [2.05, 4.69) is 6.92 Å². The van der Waals surface area contributed by atoms with Crippen LogP contribution in [0, 0.1) is 0 Å². The minimum absolute atomic E-state index is 0.205. The van der Waals surface area contributed by atoms with Gasteiger partial charge in [0.1, 0.15) is 16.9 Å². The topological polar surface area (TPSA) is 46.5 Å². The van der Waals surface area contributed by atoms with Crippen LogP contribution in [0.3, 0.4) is 0 Å². The molecule has 0 heterocycles. The predicted octanol–water partition coefficient (Wildman–Crippen LogP) is 3.49. The van der Waals surface area contributed by atoms with Crippen molar-refractivity contribution >= 4 is 5.97 Å². The minimum atomic E-state index is -0.931. The number of hydrogen-bond donors (Lipinski definition) is 1. The van der Waals surface area contributed by atoms with E-state index in [0.717, 1.165) is 25.7 Å². The van der Waals surface area contributed by atoms with Gasteiger partial charge in [0, 0.05) is 0 Å². The van der Waals surface area contributed by atoms with Crippen molar-refractivity contribution in [3.05, 3.63) is 29.8 Å². The van der Waals surface area contributed by atoms with Crippen molar-refractivity contribution in [1.82, 2.24) is 0 Å². The molecule has 2 rings (SSSR count). The highest BCUT2D eigenvalue weighted by molar-refractivity contribution is 5.90. The van der Waals surface area contributed by atoms with Gasteiger partial charge in [-0.3, -0.25) is 0 Å². The van der Waals surface area contributed by atoms with Gasteiger partial charge in [-0.25, -0.2) is 4.79 Å². The number of aromatic carboxylic acids is 1. The molecule has 1 N–H and O–H groups in total. The third-order valence-electron chi connectivity index (χ3n) is 3.39. The summed E-state index contributed by atoms with van der Waals surface area (Å²) in [7, 11) is 0. The number of carboxylic acid groups (broad SMARTS) is 1. The number of ether oxygens (including phenoxy) is 1. The van der Waals surface area contributed by atoms with Crippen LogP contribution in [0.2, 0.25) is 0 Å². The molecule has 3 heteroatoms. The van der Waals surface area contributed by atoms with Crippen molar-refractivity contribution < 1.29 is 14.6 Å². The SMILES string of the molecule is CC1(Oc2ccccc2C(=O)O)CCCCC1. The Bertz CT molecular complexity index is 406. The molecule has 1 aliphatic carbocycles. The van der Waals surface area contributed by atoms with Gasteiger partial charge in [0.25, 0.3) is 0 Å². The first-order chi connectivity index (χ1) is 8.11. The number of rotatable bonds is 3. The Balaban J connectivity index is 2.20. The molecule has 92 valence electrons. The molecule has 0 spiro atoms. The molecule has 0 bridgehead atoms. The molecule has 0 unspecified atom stereocenters. The lowest BCUT2D eigenvalue weighted by atomic mass is 9.86. The van der Waals surface area contributed by atoms with E-state index in [1.54, 1.807) is 18.2 Å². The number of hydrogen-bond acceptors (Lipinski definition) is 2. The van der Waals surface area contributed by atoms with Gasteiger partial charge in [0.2, 0.25) is 0 Å². The van der Waals surface area contributed by atoms with E-state index < -0.39 is 5.97 Å². The molecule has 0 aromatic heterocycles. The molecule has 0 aliphatic heterocycles. The molecule has 1 aliphatic rings. The summed E-state index contributed by atoms with van der Waals surface area (Å²) in [6.07, 6.45) is 5.57. The lowest BCUT2D eigenvalue weighted by Crippen LogP contribution is -2.35. The Labute approximate surface area is 101 Å². The molecule has 0 atom stereocenters. The van der Waals surface area contributed by atoms with Crippen molar-refractivity contribution in [3.63, 3.8) is 0 Å².